The Labute approximate surface area is 172 Å². The molecule has 0 saturated carbocycles. The van der Waals surface area contributed by atoms with Crippen molar-refractivity contribution in [2.75, 3.05) is 61.1 Å². The van der Waals surface area contributed by atoms with Gasteiger partial charge in [-0.2, -0.15) is 18.2 Å². The molecule has 0 radical (unpaired) electrons. The molecule has 11 heteroatoms. The van der Waals surface area contributed by atoms with Crippen molar-refractivity contribution in [2.45, 2.75) is 25.1 Å². The van der Waals surface area contributed by atoms with Crippen molar-refractivity contribution in [3.63, 3.8) is 0 Å². The summed E-state index contributed by atoms with van der Waals surface area (Å²) in [6.07, 6.45) is 0.143. The molecule has 0 aromatic carbocycles. The van der Waals surface area contributed by atoms with E-state index in [9.17, 15) is 13.2 Å². The second kappa shape index (κ2) is 8.58. The van der Waals surface area contributed by atoms with Gasteiger partial charge in [0.2, 0.25) is 11.9 Å². The first kappa shape index (κ1) is 20.6. The van der Waals surface area contributed by atoms with Crippen LogP contribution < -0.4 is 14.7 Å². The predicted octanol–water partition coefficient (Wildman–Crippen LogP) is 2.23. The number of ether oxygens (including phenoxy) is 1. The standard InChI is InChI=1S/C19H24F3N7O/c1-27(17-23-6-4-15(25-17)19(20,21)22)14-3-2-8-29(13-14)16-5-7-24-18(26-16)28-9-11-30-12-10-28/h4-7,14H,2-3,8-13H2,1H3. The SMILES string of the molecule is CN(c1nccc(C(F)(F)F)n1)C1CCCN(c2ccnc(N3CCOCC3)n2)C1. The highest BCUT2D eigenvalue weighted by Crippen LogP contribution is 2.29. The van der Waals surface area contributed by atoms with Gasteiger partial charge in [-0.15, -0.1) is 0 Å². The van der Waals surface area contributed by atoms with Crippen LogP contribution in [0.2, 0.25) is 0 Å². The van der Waals surface area contributed by atoms with Crippen molar-refractivity contribution in [3.05, 3.63) is 30.2 Å². The molecule has 1 atom stereocenters. The van der Waals surface area contributed by atoms with E-state index in [1.165, 1.54) is 0 Å². The van der Waals surface area contributed by atoms with E-state index in [1.807, 2.05) is 6.07 Å². The number of rotatable bonds is 4. The summed E-state index contributed by atoms with van der Waals surface area (Å²) in [7, 11) is 1.74. The molecule has 4 heterocycles. The minimum absolute atomic E-state index is 0.0240. The summed E-state index contributed by atoms with van der Waals surface area (Å²) in [5, 5.41) is 0. The van der Waals surface area contributed by atoms with E-state index in [2.05, 4.69) is 24.8 Å². The lowest BCUT2D eigenvalue weighted by Gasteiger charge is -2.38. The number of aromatic nitrogens is 4. The molecular weight excluding hydrogens is 399 g/mol. The number of morpholine rings is 1. The van der Waals surface area contributed by atoms with Gasteiger partial charge in [0.05, 0.1) is 13.2 Å². The molecule has 0 bridgehead atoms. The highest BCUT2D eigenvalue weighted by Gasteiger charge is 2.34. The van der Waals surface area contributed by atoms with E-state index in [1.54, 1.807) is 18.1 Å². The molecule has 30 heavy (non-hydrogen) atoms. The Hall–Kier alpha value is -2.69. The van der Waals surface area contributed by atoms with E-state index in [0.717, 1.165) is 50.6 Å². The van der Waals surface area contributed by atoms with Crippen molar-refractivity contribution in [3.8, 4) is 0 Å². The lowest BCUT2D eigenvalue weighted by Crippen LogP contribution is -2.47. The molecule has 2 aliphatic heterocycles. The number of halogens is 3. The molecule has 2 aromatic heterocycles. The van der Waals surface area contributed by atoms with Gasteiger partial charge in [-0.3, -0.25) is 0 Å². The number of alkyl halides is 3. The van der Waals surface area contributed by atoms with E-state index >= 15 is 0 Å². The van der Waals surface area contributed by atoms with Gasteiger partial charge >= 0.3 is 6.18 Å². The van der Waals surface area contributed by atoms with Gasteiger partial charge in [0, 0.05) is 51.7 Å². The highest BCUT2D eigenvalue weighted by molar-refractivity contribution is 5.45. The van der Waals surface area contributed by atoms with Crippen molar-refractivity contribution in [1.29, 1.82) is 0 Å². The molecule has 2 aromatic rings. The summed E-state index contributed by atoms with van der Waals surface area (Å²) in [6.45, 7) is 4.26. The van der Waals surface area contributed by atoms with Gasteiger partial charge in [0.25, 0.3) is 0 Å². The van der Waals surface area contributed by atoms with Crippen LogP contribution in [0.5, 0.6) is 0 Å². The molecule has 0 amide bonds. The molecule has 2 aliphatic rings. The summed E-state index contributed by atoms with van der Waals surface area (Å²) in [4.78, 5) is 22.8. The summed E-state index contributed by atoms with van der Waals surface area (Å²) < 4.78 is 44.4. The Balaban J connectivity index is 1.48. The molecule has 1 unspecified atom stereocenters. The molecule has 2 fully saturated rings. The lowest BCUT2D eigenvalue weighted by molar-refractivity contribution is -0.141. The van der Waals surface area contributed by atoms with Gasteiger partial charge in [-0.05, 0) is 25.0 Å². The topological polar surface area (TPSA) is 70.5 Å². The Bertz CT molecular complexity index is 860. The highest BCUT2D eigenvalue weighted by atomic mass is 19.4. The number of piperidine rings is 1. The van der Waals surface area contributed by atoms with Crippen LogP contribution in [-0.4, -0.2) is 72.4 Å². The maximum Gasteiger partial charge on any atom is 0.433 e. The number of hydrogen-bond acceptors (Lipinski definition) is 8. The molecule has 8 nitrogen and oxygen atoms in total. The molecule has 0 N–H and O–H groups in total. The Morgan fingerprint density at radius 1 is 1.03 bits per heavy atom. The zero-order valence-electron chi connectivity index (χ0n) is 16.7. The summed E-state index contributed by atoms with van der Waals surface area (Å²) in [5.74, 6) is 1.57. The van der Waals surface area contributed by atoms with Crippen LogP contribution in [0, 0.1) is 0 Å². The van der Waals surface area contributed by atoms with Crippen LogP contribution in [0.15, 0.2) is 24.5 Å². The fourth-order valence-electron chi connectivity index (χ4n) is 3.75. The second-order valence-electron chi connectivity index (χ2n) is 7.41. The van der Waals surface area contributed by atoms with Gasteiger partial charge in [0.15, 0.2) is 0 Å². The summed E-state index contributed by atoms with van der Waals surface area (Å²) in [5.41, 5.74) is -0.932. The summed E-state index contributed by atoms with van der Waals surface area (Å²) in [6, 6.07) is 2.73. The summed E-state index contributed by atoms with van der Waals surface area (Å²) >= 11 is 0. The van der Waals surface area contributed by atoms with Gasteiger partial charge < -0.3 is 19.4 Å². The quantitative estimate of drug-likeness (QED) is 0.742. The Morgan fingerprint density at radius 3 is 2.57 bits per heavy atom. The van der Waals surface area contributed by atoms with E-state index in [4.69, 9.17) is 9.72 Å². The third-order valence-electron chi connectivity index (χ3n) is 5.44. The van der Waals surface area contributed by atoms with Crippen LogP contribution in [0.1, 0.15) is 18.5 Å². The zero-order valence-corrected chi connectivity index (χ0v) is 16.7. The average Bonchev–Trinajstić information content (AvgIpc) is 2.79. The smallest absolute Gasteiger partial charge is 0.378 e. The molecule has 162 valence electrons. The predicted molar refractivity (Wildman–Crippen MR) is 106 cm³/mol. The molecule has 0 spiro atoms. The first-order chi connectivity index (χ1) is 14.4. The van der Waals surface area contributed by atoms with Crippen molar-refractivity contribution in [1.82, 2.24) is 19.9 Å². The fraction of sp³-hybridized carbons (Fsp3) is 0.579. The first-order valence-corrected chi connectivity index (χ1v) is 9.95. The number of hydrogen-bond donors (Lipinski definition) is 0. The van der Waals surface area contributed by atoms with Crippen LogP contribution >= 0.6 is 0 Å². The van der Waals surface area contributed by atoms with Crippen molar-refractivity contribution in [2.24, 2.45) is 0 Å². The minimum atomic E-state index is -4.49. The molecule has 2 saturated heterocycles. The fourth-order valence-corrected chi connectivity index (χ4v) is 3.75. The van der Waals surface area contributed by atoms with E-state index < -0.39 is 11.9 Å². The molecular formula is C19H24F3N7O. The number of anilines is 3. The maximum absolute atomic E-state index is 13.0. The Morgan fingerprint density at radius 2 is 1.80 bits per heavy atom. The first-order valence-electron chi connectivity index (χ1n) is 9.95. The van der Waals surface area contributed by atoms with Gasteiger partial charge in [0.1, 0.15) is 11.5 Å². The molecule has 0 aliphatic carbocycles. The zero-order chi connectivity index (χ0) is 21.1. The Kier molecular flexibility index (Phi) is 5.89. The minimum Gasteiger partial charge on any atom is -0.378 e. The second-order valence-corrected chi connectivity index (χ2v) is 7.41. The van der Waals surface area contributed by atoms with E-state index in [-0.39, 0.29) is 12.0 Å². The molecule has 4 rings (SSSR count). The normalized spacial score (nSPS) is 20.3. The largest absolute Gasteiger partial charge is 0.433 e. The van der Waals surface area contributed by atoms with Gasteiger partial charge in [-0.1, -0.05) is 0 Å². The van der Waals surface area contributed by atoms with Crippen LogP contribution in [0.3, 0.4) is 0 Å². The maximum atomic E-state index is 13.0. The number of nitrogens with zero attached hydrogens (tertiary/aromatic N) is 7. The van der Waals surface area contributed by atoms with Crippen molar-refractivity contribution >= 4 is 17.7 Å². The van der Waals surface area contributed by atoms with Crippen LogP contribution in [-0.2, 0) is 10.9 Å². The van der Waals surface area contributed by atoms with Crippen molar-refractivity contribution < 1.29 is 17.9 Å². The monoisotopic (exact) mass is 423 g/mol. The van der Waals surface area contributed by atoms with Crippen LogP contribution in [0.4, 0.5) is 30.9 Å². The lowest BCUT2D eigenvalue weighted by atomic mass is 10.0. The number of likely N-dealkylation sites (N-methyl/N-ethyl adjacent to an activating group) is 1. The average molecular weight is 423 g/mol. The van der Waals surface area contributed by atoms with Gasteiger partial charge in [-0.25, -0.2) is 15.0 Å². The third kappa shape index (κ3) is 4.55. The van der Waals surface area contributed by atoms with E-state index in [0.29, 0.717) is 25.7 Å². The third-order valence-corrected chi connectivity index (χ3v) is 5.44. The van der Waals surface area contributed by atoms with Crippen LogP contribution in [0.25, 0.3) is 0 Å².